The number of piperidine rings is 1. The highest BCUT2D eigenvalue weighted by Crippen LogP contribution is 2.09. The zero-order valence-electron chi connectivity index (χ0n) is 10.5. The van der Waals surface area contributed by atoms with Gasteiger partial charge in [-0.2, -0.15) is 0 Å². The molecule has 1 fully saturated rings. The molecule has 0 radical (unpaired) electrons. The maximum atomic E-state index is 11.8. The SMILES string of the molecule is CCCCOCC(=O)N1CCCC(NC)C1. The minimum absolute atomic E-state index is 0.135. The van der Waals surface area contributed by atoms with Gasteiger partial charge in [0.15, 0.2) is 0 Å². The average Bonchev–Trinajstić information content (AvgIpc) is 2.34. The van der Waals surface area contributed by atoms with Crippen molar-refractivity contribution in [1.29, 1.82) is 0 Å². The maximum Gasteiger partial charge on any atom is 0.248 e. The smallest absolute Gasteiger partial charge is 0.248 e. The third-order valence-electron chi connectivity index (χ3n) is 3.05. The minimum atomic E-state index is 0.135. The number of unbranched alkanes of at least 4 members (excludes halogenated alkanes) is 1. The Morgan fingerprint density at radius 3 is 3.06 bits per heavy atom. The Kier molecular flexibility index (Phi) is 6.42. The van der Waals surface area contributed by atoms with Gasteiger partial charge >= 0.3 is 0 Å². The van der Waals surface area contributed by atoms with Crippen LogP contribution in [0.3, 0.4) is 0 Å². The van der Waals surface area contributed by atoms with Crippen LogP contribution in [0.4, 0.5) is 0 Å². The highest BCUT2D eigenvalue weighted by molar-refractivity contribution is 5.77. The molecule has 4 heteroatoms. The number of rotatable bonds is 6. The Bertz CT molecular complexity index is 209. The highest BCUT2D eigenvalue weighted by atomic mass is 16.5. The second-order valence-electron chi connectivity index (χ2n) is 4.37. The summed E-state index contributed by atoms with van der Waals surface area (Å²) in [5.74, 6) is 0.135. The number of likely N-dealkylation sites (tertiary alicyclic amines) is 1. The first-order chi connectivity index (χ1) is 7.77. The molecular formula is C12H24N2O2. The van der Waals surface area contributed by atoms with Gasteiger partial charge in [-0.15, -0.1) is 0 Å². The Balaban J connectivity index is 2.19. The number of hydrogen-bond donors (Lipinski definition) is 1. The van der Waals surface area contributed by atoms with Gasteiger partial charge in [0.25, 0.3) is 0 Å². The van der Waals surface area contributed by atoms with Crippen LogP contribution < -0.4 is 5.32 Å². The number of carbonyl (C=O) groups excluding carboxylic acids is 1. The van der Waals surface area contributed by atoms with Gasteiger partial charge in [-0.3, -0.25) is 4.79 Å². The Hall–Kier alpha value is -0.610. The van der Waals surface area contributed by atoms with Crippen LogP contribution in [0, 0.1) is 0 Å². The van der Waals surface area contributed by atoms with Gasteiger partial charge in [0.1, 0.15) is 6.61 Å². The lowest BCUT2D eigenvalue weighted by Gasteiger charge is -2.32. The molecule has 1 atom stereocenters. The lowest BCUT2D eigenvalue weighted by molar-refractivity contribution is -0.137. The molecule has 1 unspecified atom stereocenters. The molecule has 16 heavy (non-hydrogen) atoms. The monoisotopic (exact) mass is 228 g/mol. The normalized spacial score (nSPS) is 21.1. The van der Waals surface area contributed by atoms with Crippen LogP contribution in [-0.4, -0.2) is 50.2 Å². The van der Waals surface area contributed by atoms with Crippen LogP contribution in [0.15, 0.2) is 0 Å². The molecule has 1 aliphatic rings. The van der Waals surface area contributed by atoms with Crippen molar-refractivity contribution in [2.75, 3.05) is 33.4 Å². The molecule has 1 N–H and O–H groups in total. The third kappa shape index (κ3) is 4.49. The van der Waals surface area contributed by atoms with Crippen LogP contribution >= 0.6 is 0 Å². The van der Waals surface area contributed by atoms with Gasteiger partial charge in [-0.25, -0.2) is 0 Å². The Morgan fingerprint density at radius 2 is 2.38 bits per heavy atom. The van der Waals surface area contributed by atoms with Crippen LogP contribution in [0.25, 0.3) is 0 Å². The maximum absolute atomic E-state index is 11.8. The topological polar surface area (TPSA) is 41.6 Å². The van der Waals surface area contributed by atoms with Crippen molar-refractivity contribution in [3.05, 3.63) is 0 Å². The second kappa shape index (κ2) is 7.63. The molecule has 0 aromatic heterocycles. The zero-order chi connectivity index (χ0) is 11.8. The van der Waals surface area contributed by atoms with Crippen molar-refractivity contribution in [1.82, 2.24) is 10.2 Å². The van der Waals surface area contributed by atoms with Gasteiger partial charge in [0.05, 0.1) is 0 Å². The Labute approximate surface area is 98.3 Å². The lowest BCUT2D eigenvalue weighted by atomic mass is 10.1. The van der Waals surface area contributed by atoms with Crippen molar-refractivity contribution in [2.45, 2.75) is 38.6 Å². The predicted octanol–water partition coefficient (Wildman–Crippen LogP) is 1.01. The van der Waals surface area contributed by atoms with Crippen molar-refractivity contribution in [2.24, 2.45) is 0 Å². The number of nitrogens with zero attached hydrogens (tertiary/aromatic N) is 1. The van der Waals surface area contributed by atoms with Crippen molar-refractivity contribution in [3.8, 4) is 0 Å². The lowest BCUT2D eigenvalue weighted by Crippen LogP contribution is -2.48. The van der Waals surface area contributed by atoms with E-state index in [0.717, 1.165) is 38.8 Å². The summed E-state index contributed by atoms with van der Waals surface area (Å²) in [5, 5.41) is 3.23. The number of amides is 1. The van der Waals surface area contributed by atoms with E-state index in [0.29, 0.717) is 12.6 Å². The number of nitrogens with one attached hydrogen (secondary N) is 1. The van der Waals surface area contributed by atoms with E-state index < -0.39 is 0 Å². The van der Waals surface area contributed by atoms with E-state index in [9.17, 15) is 4.79 Å². The zero-order valence-corrected chi connectivity index (χ0v) is 10.5. The summed E-state index contributed by atoms with van der Waals surface area (Å²) in [6.45, 7) is 4.77. The summed E-state index contributed by atoms with van der Waals surface area (Å²) < 4.78 is 5.35. The van der Waals surface area contributed by atoms with Crippen LogP contribution in [0.2, 0.25) is 0 Å². The molecular weight excluding hydrogens is 204 g/mol. The number of carbonyl (C=O) groups is 1. The fourth-order valence-electron chi connectivity index (χ4n) is 1.94. The van der Waals surface area contributed by atoms with Crippen LogP contribution in [0.5, 0.6) is 0 Å². The van der Waals surface area contributed by atoms with Crippen LogP contribution in [-0.2, 0) is 9.53 Å². The third-order valence-corrected chi connectivity index (χ3v) is 3.05. The van der Waals surface area contributed by atoms with Gasteiger partial charge in [-0.05, 0) is 26.3 Å². The quantitative estimate of drug-likeness (QED) is 0.690. The predicted molar refractivity (Wildman–Crippen MR) is 64.4 cm³/mol. The molecule has 94 valence electrons. The largest absolute Gasteiger partial charge is 0.372 e. The van der Waals surface area contributed by atoms with E-state index >= 15 is 0 Å². The first-order valence-corrected chi connectivity index (χ1v) is 6.30. The highest BCUT2D eigenvalue weighted by Gasteiger charge is 2.22. The molecule has 0 aromatic carbocycles. The first-order valence-electron chi connectivity index (χ1n) is 6.30. The average molecular weight is 228 g/mol. The van der Waals surface area contributed by atoms with Gasteiger partial charge in [-0.1, -0.05) is 13.3 Å². The summed E-state index contributed by atoms with van der Waals surface area (Å²) in [6, 6.07) is 0.452. The molecule has 1 saturated heterocycles. The molecule has 0 bridgehead atoms. The fraction of sp³-hybridized carbons (Fsp3) is 0.917. The number of likely N-dealkylation sites (N-methyl/N-ethyl adjacent to an activating group) is 1. The van der Waals surface area contributed by atoms with Gasteiger partial charge in [0.2, 0.25) is 5.91 Å². The second-order valence-corrected chi connectivity index (χ2v) is 4.37. The molecule has 0 spiro atoms. The summed E-state index contributed by atoms with van der Waals surface area (Å²) in [6.07, 6.45) is 4.40. The summed E-state index contributed by atoms with van der Waals surface area (Å²) in [7, 11) is 1.95. The molecule has 0 saturated carbocycles. The van der Waals surface area contributed by atoms with Crippen LogP contribution in [0.1, 0.15) is 32.6 Å². The summed E-state index contributed by atoms with van der Waals surface area (Å²) >= 11 is 0. The standard InChI is InChI=1S/C12H24N2O2/c1-3-4-8-16-10-12(15)14-7-5-6-11(9-14)13-2/h11,13H,3-10H2,1-2H3. The minimum Gasteiger partial charge on any atom is -0.372 e. The number of ether oxygens (including phenoxy) is 1. The summed E-state index contributed by atoms with van der Waals surface area (Å²) in [5.41, 5.74) is 0. The van der Waals surface area contributed by atoms with Gasteiger partial charge in [0, 0.05) is 25.7 Å². The number of hydrogen-bond acceptors (Lipinski definition) is 3. The van der Waals surface area contributed by atoms with E-state index in [1.807, 2.05) is 11.9 Å². The molecule has 1 aliphatic heterocycles. The molecule has 1 rings (SSSR count). The summed E-state index contributed by atoms with van der Waals surface area (Å²) in [4.78, 5) is 13.7. The molecule has 1 heterocycles. The fourth-order valence-corrected chi connectivity index (χ4v) is 1.94. The molecule has 0 aliphatic carbocycles. The van der Waals surface area contributed by atoms with E-state index in [4.69, 9.17) is 4.74 Å². The van der Waals surface area contributed by atoms with E-state index in [1.165, 1.54) is 0 Å². The van der Waals surface area contributed by atoms with Crippen molar-refractivity contribution >= 4 is 5.91 Å². The van der Waals surface area contributed by atoms with Crippen molar-refractivity contribution < 1.29 is 9.53 Å². The van der Waals surface area contributed by atoms with E-state index in [2.05, 4.69) is 12.2 Å². The first kappa shape index (κ1) is 13.5. The van der Waals surface area contributed by atoms with E-state index in [1.54, 1.807) is 0 Å². The molecule has 1 amide bonds. The molecule has 0 aromatic rings. The van der Waals surface area contributed by atoms with Gasteiger partial charge < -0.3 is 15.0 Å². The Morgan fingerprint density at radius 1 is 1.56 bits per heavy atom. The van der Waals surface area contributed by atoms with Crippen molar-refractivity contribution in [3.63, 3.8) is 0 Å². The van der Waals surface area contributed by atoms with E-state index in [-0.39, 0.29) is 12.5 Å². The molecule has 4 nitrogen and oxygen atoms in total.